The first kappa shape index (κ1) is 22.7. The Morgan fingerprint density at radius 1 is 1.16 bits per heavy atom. The minimum absolute atomic E-state index is 0.245. The van der Waals surface area contributed by atoms with Crippen molar-refractivity contribution in [3.8, 4) is 16.3 Å². The number of para-hydroxylation sites is 1. The molecule has 3 aromatic rings. The van der Waals surface area contributed by atoms with Crippen molar-refractivity contribution in [3.05, 3.63) is 64.4 Å². The van der Waals surface area contributed by atoms with Gasteiger partial charge in [-0.2, -0.15) is 5.10 Å². The fraction of sp³-hybridized carbons (Fsp3) is 0.364. The van der Waals surface area contributed by atoms with Crippen molar-refractivity contribution < 1.29 is 13.2 Å². The number of ether oxygens (including phenoxy) is 1. The highest BCUT2D eigenvalue weighted by Gasteiger charge is 2.23. The van der Waals surface area contributed by atoms with E-state index in [2.05, 4.69) is 25.9 Å². The number of aromatic nitrogens is 2. The van der Waals surface area contributed by atoms with E-state index in [-0.39, 0.29) is 9.77 Å². The number of nitrogens with one attached hydrogen (secondary N) is 2. The number of methoxy groups -OCH3 is 1. The van der Waals surface area contributed by atoms with Gasteiger partial charge in [0, 0.05) is 24.7 Å². The molecule has 0 aliphatic carbocycles. The first-order valence-corrected chi connectivity index (χ1v) is 12.7. The number of rotatable bonds is 8. The van der Waals surface area contributed by atoms with Crippen molar-refractivity contribution in [3.63, 3.8) is 0 Å². The van der Waals surface area contributed by atoms with Gasteiger partial charge in [0.05, 0.1) is 12.0 Å². The predicted molar refractivity (Wildman–Crippen MR) is 124 cm³/mol. The van der Waals surface area contributed by atoms with Gasteiger partial charge in [0.15, 0.2) is 0 Å². The summed E-state index contributed by atoms with van der Waals surface area (Å²) in [4.78, 5) is 14.2. The SMILES string of the molecule is COc1ccccc1CN1CCC(CNS(=O)(=O)c2ccc(-c3ccc(=O)[nH]n3)s2)CC1. The number of hydrogen-bond donors (Lipinski definition) is 2. The molecule has 0 atom stereocenters. The van der Waals surface area contributed by atoms with Gasteiger partial charge in [0.2, 0.25) is 10.0 Å². The monoisotopic (exact) mass is 474 g/mol. The number of piperidine rings is 1. The molecule has 8 nitrogen and oxygen atoms in total. The Labute approximate surface area is 191 Å². The lowest BCUT2D eigenvalue weighted by Crippen LogP contribution is -2.38. The third kappa shape index (κ3) is 5.44. The van der Waals surface area contributed by atoms with E-state index < -0.39 is 10.0 Å². The molecule has 1 aromatic carbocycles. The Balaban J connectivity index is 1.29. The molecule has 2 aromatic heterocycles. The average Bonchev–Trinajstić information content (AvgIpc) is 3.31. The van der Waals surface area contributed by atoms with E-state index in [1.807, 2.05) is 18.2 Å². The van der Waals surface area contributed by atoms with E-state index in [0.29, 0.717) is 23.0 Å². The van der Waals surface area contributed by atoms with Gasteiger partial charge >= 0.3 is 0 Å². The number of nitrogens with zero attached hydrogens (tertiary/aromatic N) is 2. The molecule has 0 bridgehead atoms. The van der Waals surface area contributed by atoms with Crippen LogP contribution in [0.2, 0.25) is 0 Å². The van der Waals surface area contributed by atoms with Crippen LogP contribution in [0.15, 0.2) is 57.5 Å². The van der Waals surface area contributed by atoms with Crippen LogP contribution in [0.4, 0.5) is 0 Å². The Morgan fingerprint density at radius 3 is 2.66 bits per heavy atom. The second-order valence-corrected chi connectivity index (χ2v) is 10.9. The lowest BCUT2D eigenvalue weighted by molar-refractivity contribution is 0.177. The fourth-order valence-electron chi connectivity index (χ4n) is 3.81. The van der Waals surface area contributed by atoms with Gasteiger partial charge in [-0.1, -0.05) is 18.2 Å². The van der Waals surface area contributed by atoms with Gasteiger partial charge in [-0.3, -0.25) is 9.69 Å². The normalized spacial score (nSPS) is 15.7. The standard InChI is InChI=1S/C22H26N4O4S2/c1-30-19-5-3-2-4-17(19)15-26-12-10-16(11-13-26)14-23-32(28,29)22-9-7-20(31-22)18-6-8-21(27)25-24-18/h2-9,16,23H,10-15H2,1H3,(H,25,27). The number of hydrogen-bond acceptors (Lipinski definition) is 7. The van der Waals surface area contributed by atoms with Crippen molar-refractivity contribution >= 4 is 21.4 Å². The van der Waals surface area contributed by atoms with Gasteiger partial charge in [-0.25, -0.2) is 18.2 Å². The molecule has 0 radical (unpaired) electrons. The van der Waals surface area contributed by atoms with E-state index in [9.17, 15) is 13.2 Å². The number of H-pyrrole nitrogens is 1. The van der Waals surface area contributed by atoms with Crippen LogP contribution >= 0.6 is 11.3 Å². The Morgan fingerprint density at radius 2 is 1.94 bits per heavy atom. The van der Waals surface area contributed by atoms with Gasteiger partial charge in [0.1, 0.15) is 15.7 Å². The highest BCUT2D eigenvalue weighted by Crippen LogP contribution is 2.29. The molecule has 0 saturated carbocycles. The number of sulfonamides is 1. The average molecular weight is 475 g/mol. The molecule has 3 heterocycles. The van der Waals surface area contributed by atoms with E-state index in [0.717, 1.165) is 49.6 Å². The van der Waals surface area contributed by atoms with Crippen LogP contribution in [-0.2, 0) is 16.6 Å². The Kier molecular flexibility index (Phi) is 7.04. The van der Waals surface area contributed by atoms with Crippen LogP contribution in [0.3, 0.4) is 0 Å². The summed E-state index contributed by atoms with van der Waals surface area (Å²) >= 11 is 1.14. The number of benzene rings is 1. The Bertz CT molecular complexity index is 1190. The van der Waals surface area contributed by atoms with Crippen LogP contribution in [0.5, 0.6) is 5.75 Å². The van der Waals surface area contributed by atoms with Gasteiger partial charge in [-0.05, 0) is 56.1 Å². The summed E-state index contributed by atoms with van der Waals surface area (Å²) in [5.41, 5.74) is 1.41. The number of likely N-dealkylation sites (tertiary alicyclic amines) is 1. The van der Waals surface area contributed by atoms with Crippen LogP contribution in [0, 0.1) is 5.92 Å². The van der Waals surface area contributed by atoms with Crippen LogP contribution in [0.1, 0.15) is 18.4 Å². The maximum absolute atomic E-state index is 12.7. The van der Waals surface area contributed by atoms with Crippen molar-refractivity contribution in [2.24, 2.45) is 5.92 Å². The molecular formula is C22H26N4O4S2. The van der Waals surface area contributed by atoms with Gasteiger partial charge in [0.25, 0.3) is 5.56 Å². The molecule has 0 amide bonds. The van der Waals surface area contributed by atoms with Crippen LogP contribution < -0.4 is 15.0 Å². The summed E-state index contributed by atoms with van der Waals surface area (Å²) < 4.78 is 33.9. The molecule has 1 saturated heterocycles. The molecular weight excluding hydrogens is 448 g/mol. The molecule has 2 N–H and O–H groups in total. The first-order valence-electron chi connectivity index (χ1n) is 10.4. The zero-order valence-electron chi connectivity index (χ0n) is 17.8. The molecule has 0 spiro atoms. The molecule has 10 heteroatoms. The lowest BCUT2D eigenvalue weighted by atomic mass is 9.97. The number of aromatic amines is 1. The van der Waals surface area contributed by atoms with E-state index >= 15 is 0 Å². The van der Waals surface area contributed by atoms with Crippen molar-refractivity contribution in [1.82, 2.24) is 19.8 Å². The summed E-state index contributed by atoms with van der Waals surface area (Å²) in [5.74, 6) is 1.20. The minimum Gasteiger partial charge on any atom is -0.496 e. The summed E-state index contributed by atoms with van der Waals surface area (Å²) in [6.07, 6.45) is 1.88. The molecule has 0 unspecified atom stereocenters. The summed E-state index contributed by atoms with van der Waals surface area (Å²) in [6.45, 7) is 3.10. The second kappa shape index (κ2) is 9.95. The molecule has 1 aliphatic heterocycles. The number of thiophene rings is 1. The van der Waals surface area contributed by atoms with E-state index in [4.69, 9.17) is 4.74 Å². The van der Waals surface area contributed by atoms with E-state index in [1.54, 1.807) is 25.3 Å². The second-order valence-electron chi connectivity index (χ2n) is 7.81. The summed E-state index contributed by atoms with van der Waals surface area (Å²) in [7, 11) is -1.90. The zero-order chi connectivity index (χ0) is 22.6. The first-order chi connectivity index (χ1) is 15.4. The zero-order valence-corrected chi connectivity index (χ0v) is 19.4. The van der Waals surface area contributed by atoms with Crippen molar-refractivity contribution in [2.75, 3.05) is 26.7 Å². The predicted octanol–water partition coefficient (Wildman–Crippen LogP) is 2.70. The lowest BCUT2D eigenvalue weighted by Gasteiger charge is -2.32. The van der Waals surface area contributed by atoms with Crippen LogP contribution in [0.25, 0.3) is 10.6 Å². The Hall–Kier alpha value is -2.53. The molecule has 32 heavy (non-hydrogen) atoms. The minimum atomic E-state index is -3.59. The van der Waals surface area contributed by atoms with Crippen molar-refractivity contribution in [1.29, 1.82) is 0 Å². The smallest absolute Gasteiger partial charge is 0.264 e. The van der Waals surface area contributed by atoms with Gasteiger partial charge < -0.3 is 4.74 Å². The molecule has 1 fully saturated rings. The quantitative estimate of drug-likeness (QED) is 0.520. The van der Waals surface area contributed by atoms with Gasteiger partial charge in [-0.15, -0.1) is 11.3 Å². The molecule has 1 aliphatic rings. The molecule has 170 valence electrons. The maximum Gasteiger partial charge on any atom is 0.264 e. The topological polar surface area (TPSA) is 104 Å². The summed E-state index contributed by atoms with van der Waals surface area (Å²) in [6, 6.07) is 14.3. The third-order valence-corrected chi connectivity index (χ3v) is 8.66. The third-order valence-electron chi connectivity index (χ3n) is 5.63. The van der Waals surface area contributed by atoms with Crippen LogP contribution in [-0.4, -0.2) is 50.3 Å². The summed E-state index contributed by atoms with van der Waals surface area (Å²) in [5, 5.41) is 6.32. The molecule has 4 rings (SSSR count). The highest BCUT2D eigenvalue weighted by atomic mass is 32.2. The maximum atomic E-state index is 12.7. The van der Waals surface area contributed by atoms with Crippen molar-refractivity contribution in [2.45, 2.75) is 23.6 Å². The fourth-order valence-corrected chi connectivity index (χ4v) is 6.24. The van der Waals surface area contributed by atoms with E-state index in [1.165, 1.54) is 11.6 Å². The largest absolute Gasteiger partial charge is 0.496 e. The highest BCUT2D eigenvalue weighted by molar-refractivity contribution is 7.91.